The van der Waals surface area contributed by atoms with E-state index in [1.165, 1.54) is 0 Å². The van der Waals surface area contributed by atoms with E-state index in [2.05, 4.69) is 21.0 Å². The molecule has 0 aliphatic rings. The van der Waals surface area contributed by atoms with E-state index < -0.39 is 0 Å². The van der Waals surface area contributed by atoms with Crippen molar-refractivity contribution < 1.29 is 4.79 Å². The van der Waals surface area contributed by atoms with Gasteiger partial charge in [0.25, 0.3) is 0 Å². The van der Waals surface area contributed by atoms with Crippen LogP contribution in [0.1, 0.15) is 25.2 Å². The Hall–Kier alpha value is -0.840. The van der Waals surface area contributed by atoms with E-state index in [0.717, 1.165) is 15.9 Å². The summed E-state index contributed by atoms with van der Waals surface area (Å²) in [5.41, 5.74) is 1.90. The maximum atomic E-state index is 11.9. The van der Waals surface area contributed by atoms with Gasteiger partial charge in [0.05, 0.1) is 15.9 Å². The Balaban J connectivity index is 2.81. The number of rotatable bonds is 3. The zero-order chi connectivity index (χ0) is 12.5. The van der Waals surface area contributed by atoms with Crippen molar-refractivity contribution >= 4 is 21.8 Å². The van der Waals surface area contributed by atoms with Crippen LogP contribution in [0.2, 0.25) is 0 Å². The SMILES string of the molecule is Cc1nn(CC(=O)N(C)C(C)C)c(C)c1Br. The molecule has 1 heterocycles. The Morgan fingerprint density at radius 1 is 1.50 bits per heavy atom. The second-order valence-electron chi connectivity index (χ2n) is 4.24. The maximum absolute atomic E-state index is 11.9. The predicted octanol–water partition coefficient (Wildman–Crippen LogP) is 2.13. The lowest BCUT2D eigenvalue weighted by Gasteiger charge is -2.21. The average Bonchev–Trinajstić information content (AvgIpc) is 2.45. The van der Waals surface area contributed by atoms with Crippen molar-refractivity contribution in [3.05, 3.63) is 15.9 Å². The van der Waals surface area contributed by atoms with Gasteiger partial charge in [0.2, 0.25) is 5.91 Å². The molecule has 0 fully saturated rings. The maximum Gasteiger partial charge on any atom is 0.244 e. The van der Waals surface area contributed by atoms with Gasteiger partial charge in [0.15, 0.2) is 0 Å². The lowest BCUT2D eigenvalue weighted by atomic mass is 10.3. The molecule has 0 atom stereocenters. The minimum Gasteiger partial charge on any atom is -0.342 e. The highest BCUT2D eigenvalue weighted by molar-refractivity contribution is 9.10. The van der Waals surface area contributed by atoms with Gasteiger partial charge in [-0.3, -0.25) is 9.48 Å². The number of carbonyl (C=O) groups excluding carboxylic acids is 1. The summed E-state index contributed by atoms with van der Waals surface area (Å²) in [5, 5.41) is 4.31. The van der Waals surface area contributed by atoms with Gasteiger partial charge in [0, 0.05) is 13.1 Å². The quantitative estimate of drug-likeness (QED) is 0.854. The van der Waals surface area contributed by atoms with Crippen LogP contribution in [0, 0.1) is 13.8 Å². The van der Waals surface area contributed by atoms with Crippen LogP contribution in [0.3, 0.4) is 0 Å². The highest BCUT2D eigenvalue weighted by Crippen LogP contribution is 2.19. The summed E-state index contributed by atoms with van der Waals surface area (Å²) in [6.45, 7) is 8.16. The summed E-state index contributed by atoms with van der Waals surface area (Å²) in [7, 11) is 1.81. The molecule has 0 aliphatic carbocycles. The molecule has 0 unspecified atom stereocenters. The lowest BCUT2D eigenvalue weighted by Crippen LogP contribution is -2.35. The van der Waals surface area contributed by atoms with Crippen molar-refractivity contribution in [2.24, 2.45) is 0 Å². The highest BCUT2D eigenvalue weighted by atomic mass is 79.9. The number of hydrogen-bond donors (Lipinski definition) is 0. The standard InChI is InChI=1S/C11H18BrN3O/c1-7(2)14(5)10(16)6-15-9(4)11(12)8(3)13-15/h7H,6H2,1-5H3. The van der Waals surface area contributed by atoms with E-state index in [9.17, 15) is 4.79 Å². The van der Waals surface area contributed by atoms with E-state index in [0.29, 0.717) is 6.54 Å². The van der Waals surface area contributed by atoms with Gasteiger partial charge < -0.3 is 4.90 Å². The molecule has 1 rings (SSSR count). The molecule has 0 spiro atoms. The van der Waals surface area contributed by atoms with Crippen LogP contribution in [0.5, 0.6) is 0 Å². The van der Waals surface area contributed by atoms with Gasteiger partial charge in [-0.25, -0.2) is 0 Å². The zero-order valence-corrected chi connectivity index (χ0v) is 12.0. The Labute approximate surface area is 105 Å². The van der Waals surface area contributed by atoms with E-state index >= 15 is 0 Å². The number of halogens is 1. The Bertz CT molecular complexity index is 398. The van der Waals surface area contributed by atoms with Crippen molar-refractivity contribution in [2.75, 3.05) is 7.05 Å². The Kier molecular flexibility index (Phi) is 4.13. The van der Waals surface area contributed by atoms with E-state index in [-0.39, 0.29) is 11.9 Å². The molecule has 0 aromatic carbocycles. The molecular formula is C11H18BrN3O. The molecule has 0 bridgehead atoms. The van der Waals surface area contributed by atoms with Crippen LogP contribution < -0.4 is 0 Å². The van der Waals surface area contributed by atoms with E-state index in [1.54, 1.807) is 9.58 Å². The Morgan fingerprint density at radius 2 is 2.06 bits per heavy atom. The van der Waals surface area contributed by atoms with Crippen LogP contribution in [0.15, 0.2) is 4.47 Å². The minimum absolute atomic E-state index is 0.0769. The zero-order valence-electron chi connectivity index (χ0n) is 10.4. The van der Waals surface area contributed by atoms with E-state index in [1.807, 2.05) is 34.7 Å². The average molecular weight is 288 g/mol. The molecule has 0 saturated heterocycles. The largest absolute Gasteiger partial charge is 0.342 e. The summed E-state index contributed by atoms with van der Waals surface area (Å²) in [4.78, 5) is 13.6. The summed E-state index contributed by atoms with van der Waals surface area (Å²) in [5.74, 6) is 0.0769. The van der Waals surface area contributed by atoms with Gasteiger partial charge in [-0.05, 0) is 43.6 Å². The summed E-state index contributed by atoms with van der Waals surface area (Å²) in [6.07, 6.45) is 0. The Morgan fingerprint density at radius 3 is 2.44 bits per heavy atom. The van der Waals surface area contributed by atoms with Crippen molar-refractivity contribution in [2.45, 2.75) is 40.3 Å². The van der Waals surface area contributed by atoms with Crippen molar-refractivity contribution in [3.63, 3.8) is 0 Å². The van der Waals surface area contributed by atoms with Gasteiger partial charge in [-0.15, -0.1) is 0 Å². The minimum atomic E-state index is 0.0769. The fraction of sp³-hybridized carbons (Fsp3) is 0.636. The van der Waals surface area contributed by atoms with Gasteiger partial charge in [0.1, 0.15) is 6.54 Å². The second kappa shape index (κ2) is 4.99. The predicted molar refractivity (Wildman–Crippen MR) is 67.3 cm³/mol. The fourth-order valence-corrected chi connectivity index (χ4v) is 1.64. The number of nitrogens with zero attached hydrogens (tertiary/aromatic N) is 3. The molecule has 16 heavy (non-hydrogen) atoms. The van der Waals surface area contributed by atoms with Crippen LogP contribution in [0.25, 0.3) is 0 Å². The third-order valence-electron chi connectivity index (χ3n) is 2.75. The normalized spacial score (nSPS) is 10.9. The number of amides is 1. The molecular weight excluding hydrogens is 270 g/mol. The highest BCUT2D eigenvalue weighted by Gasteiger charge is 2.16. The molecule has 0 radical (unpaired) electrons. The first-order valence-electron chi connectivity index (χ1n) is 5.29. The molecule has 1 aromatic heterocycles. The number of aromatic nitrogens is 2. The topological polar surface area (TPSA) is 38.1 Å². The molecule has 5 heteroatoms. The molecule has 0 aliphatic heterocycles. The summed E-state index contributed by atoms with van der Waals surface area (Å²) < 4.78 is 2.72. The van der Waals surface area contributed by atoms with Crippen LogP contribution >= 0.6 is 15.9 Å². The lowest BCUT2D eigenvalue weighted by molar-refractivity contribution is -0.132. The monoisotopic (exact) mass is 287 g/mol. The molecule has 0 saturated carbocycles. The van der Waals surface area contributed by atoms with Crippen molar-refractivity contribution in [3.8, 4) is 0 Å². The first kappa shape index (κ1) is 13.2. The van der Waals surface area contributed by atoms with Crippen LogP contribution in [-0.2, 0) is 11.3 Å². The number of carbonyl (C=O) groups is 1. The second-order valence-corrected chi connectivity index (χ2v) is 5.03. The molecule has 0 N–H and O–H groups in total. The number of aryl methyl sites for hydroxylation is 1. The first-order chi connectivity index (χ1) is 7.34. The first-order valence-corrected chi connectivity index (χ1v) is 6.09. The number of likely N-dealkylation sites (N-methyl/N-ethyl adjacent to an activating group) is 1. The summed E-state index contributed by atoms with van der Waals surface area (Å²) in [6, 6.07) is 0.216. The van der Waals surface area contributed by atoms with Crippen LogP contribution in [0.4, 0.5) is 0 Å². The fourth-order valence-electron chi connectivity index (χ4n) is 1.36. The van der Waals surface area contributed by atoms with E-state index in [4.69, 9.17) is 0 Å². The summed E-state index contributed by atoms with van der Waals surface area (Å²) >= 11 is 3.45. The third kappa shape index (κ3) is 2.64. The van der Waals surface area contributed by atoms with Gasteiger partial charge >= 0.3 is 0 Å². The molecule has 1 aromatic rings. The van der Waals surface area contributed by atoms with Crippen molar-refractivity contribution in [1.82, 2.24) is 14.7 Å². The number of hydrogen-bond acceptors (Lipinski definition) is 2. The van der Waals surface area contributed by atoms with Crippen LogP contribution in [-0.4, -0.2) is 33.7 Å². The molecule has 90 valence electrons. The smallest absolute Gasteiger partial charge is 0.244 e. The van der Waals surface area contributed by atoms with Crippen molar-refractivity contribution in [1.29, 1.82) is 0 Å². The molecule has 1 amide bonds. The van der Waals surface area contributed by atoms with Gasteiger partial charge in [-0.2, -0.15) is 5.10 Å². The molecule has 4 nitrogen and oxygen atoms in total. The third-order valence-corrected chi connectivity index (χ3v) is 3.89. The van der Waals surface area contributed by atoms with Gasteiger partial charge in [-0.1, -0.05) is 0 Å².